The van der Waals surface area contributed by atoms with Gasteiger partial charge in [-0.25, -0.2) is 4.98 Å². The summed E-state index contributed by atoms with van der Waals surface area (Å²) >= 11 is 0. The molecule has 1 unspecified atom stereocenters. The van der Waals surface area contributed by atoms with Gasteiger partial charge in [0.15, 0.2) is 5.03 Å². The minimum atomic E-state index is -3.73. The smallest absolute Gasteiger partial charge is 0.280 e. The first kappa shape index (κ1) is 15.5. The highest BCUT2D eigenvalue weighted by molar-refractivity contribution is 7.92. The van der Waals surface area contributed by atoms with Crippen LogP contribution in [0, 0.1) is 6.92 Å². The van der Waals surface area contributed by atoms with Gasteiger partial charge in [0.2, 0.25) is 0 Å². The zero-order valence-electron chi connectivity index (χ0n) is 12.2. The van der Waals surface area contributed by atoms with Gasteiger partial charge in [-0.1, -0.05) is 12.1 Å². The Bertz CT molecular complexity index is 736. The van der Waals surface area contributed by atoms with E-state index in [2.05, 4.69) is 9.71 Å². The van der Waals surface area contributed by atoms with Crippen LogP contribution in [0.15, 0.2) is 35.5 Å². The number of nitrogens with zero attached hydrogens (tertiary/aromatic N) is 2. The lowest BCUT2D eigenvalue weighted by atomic mass is 10.1. The summed E-state index contributed by atoms with van der Waals surface area (Å²) in [4.78, 5) is 4.07. The van der Waals surface area contributed by atoms with Crippen LogP contribution in [0.4, 0.5) is 5.69 Å². The van der Waals surface area contributed by atoms with E-state index in [-0.39, 0.29) is 5.03 Å². The Hall–Kier alpha value is -1.86. The summed E-state index contributed by atoms with van der Waals surface area (Å²) in [5.74, 6) is 0.649. The zero-order chi connectivity index (χ0) is 15.6. The Kier molecular flexibility index (Phi) is 4.34. The molecule has 1 atom stereocenters. The highest BCUT2D eigenvalue weighted by Gasteiger charge is 2.19. The van der Waals surface area contributed by atoms with E-state index in [1.807, 2.05) is 6.92 Å². The molecule has 0 spiro atoms. The lowest BCUT2D eigenvalue weighted by Crippen LogP contribution is -2.13. The molecule has 0 bridgehead atoms. The molecule has 2 aromatic rings. The van der Waals surface area contributed by atoms with Crippen molar-refractivity contribution >= 4 is 15.7 Å². The largest absolute Gasteiger partial charge is 0.389 e. The monoisotopic (exact) mass is 309 g/mol. The van der Waals surface area contributed by atoms with Crippen LogP contribution in [0.5, 0.6) is 0 Å². The highest BCUT2D eigenvalue weighted by Crippen LogP contribution is 2.20. The van der Waals surface area contributed by atoms with Crippen LogP contribution in [0.2, 0.25) is 0 Å². The van der Waals surface area contributed by atoms with E-state index in [1.54, 1.807) is 42.7 Å². The lowest BCUT2D eigenvalue weighted by molar-refractivity contribution is 0.199. The van der Waals surface area contributed by atoms with E-state index in [0.29, 0.717) is 23.6 Å². The minimum Gasteiger partial charge on any atom is -0.389 e. The second-order valence-electron chi connectivity index (χ2n) is 4.82. The number of aliphatic hydroxyl groups excluding tert-OH is 1. The SMILES string of the molecule is CCn1cc(S(=O)(=O)Nc2cccc(C(C)O)c2)nc1C. The first-order valence-corrected chi connectivity index (χ1v) is 8.16. The normalized spacial score (nSPS) is 13.1. The maximum absolute atomic E-state index is 12.3. The number of nitrogens with one attached hydrogen (secondary N) is 1. The third-order valence-corrected chi connectivity index (χ3v) is 4.44. The second-order valence-corrected chi connectivity index (χ2v) is 6.45. The van der Waals surface area contributed by atoms with E-state index in [1.165, 1.54) is 6.20 Å². The minimum absolute atomic E-state index is 0.00991. The number of hydrogen-bond acceptors (Lipinski definition) is 4. The van der Waals surface area contributed by atoms with Crippen LogP contribution in [-0.4, -0.2) is 23.1 Å². The van der Waals surface area contributed by atoms with Crippen molar-refractivity contribution in [2.75, 3.05) is 4.72 Å². The van der Waals surface area contributed by atoms with Crippen LogP contribution in [0.25, 0.3) is 0 Å². The third kappa shape index (κ3) is 3.43. The van der Waals surface area contributed by atoms with Crippen molar-refractivity contribution in [2.45, 2.75) is 38.4 Å². The van der Waals surface area contributed by atoms with Crippen molar-refractivity contribution in [2.24, 2.45) is 0 Å². The topological polar surface area (TPSA) is 84.2 Å². The van der Waals surface area contributed by atoms with E-state index in [0.717, 1.165) is 0 Å². The molecule has 7 heteroatoms. The number of benzene rings is 1. The molecule has 114 valence electrons. The molecule has 0 radical (unpaired) electrons. The first-order chi connectivity index (χ1) is 9.83. The molecule has 21 heavy (non-hydrogen) atoms. The zero-order valence-corrected chi connectivity index (χ0v) is 13.1. The van der Waals surface area contributed by atoms with E-state index in [9.17, 15) is 13.5 Å². The average Bonchev–Trinajstić information content (AvgIpc) is 2.80. The maximum atomic E-state index is 12.3. The van der Waals surface area contributed by atoms with Gasteiger partial charge in [-0.05, 0) is 38.5 Å². The quantitative estimate of drug-likeness (QED) is 0.885. The highest BCUT2D eigenvalue weighted by atomic mass is 32.2. The van der Waals surface area contributed by atoms with Crippen molar-refractivity contribution in [1.29, 1.82) is 0 Å². The average molecular weight is 309 g/mol. The third-order valence-electron chi connectivity index (χ3n) is 3.19. The Morgan fingerprint density at radius 3 is 2.71 bits per heavy atom. The fourth-order valence-corrected chi connectivity index (χ4v) is 3.06. The number of rotatable bonds is 5. The number of aliphatic hydroxyl groups is 1. The van der Waals surface area contributed by atoms with Crippen LogP contribution in [0.3, 0.4) is 0 Å². The molecule has 0 fully saturated rings. The summed E-state index contributed by atoms with van der Waals surface area (Å²) in [6.45, 7) is 5.97. The predicted molar refractivity (Wildman–Crippen MR) is 80.5 cm³/mol. The molecule has 1 aromatic heterocycles. The van der Waals surface area contributed by atoms with Gasteiger partial charge in [0, 0.05) is 18.4 Å². The summed E-state index contributed by atoms with van der Waals surface area (Å²) in [6, 6.07) is 6.66. The fraction of sp³-hybridized carbons (Fsp3) is 0.357. The van der Waals surface area contributed by atoms with Crippen molar-refractivity contribution < 1.29 is 13.5 Å². The standard InChI is InChI=1S/C14H19N3O3S/c1-4-17-9-14(15-11(17)3)21(19,20)16-13-7-5-6-12(8-13)10(2)18/h5-10,16,18H,4H2,1-3H3. The van der Waals surface area contributed by atoms with Gasteiger partial charge in [0.05, 0.1) is 6.10 Å². The van der Waals surface area contributed by atoms with Gasteiger partial charge < -0.3 is 9.67 Å². The number of hydrogen-bond donors (Lipinski definition) is 2. The molecule has 0 saturated carbocycles. The molecule has 0 aliphatic carbocycles. The molecule has 2 rings (SSSR count). The Labute approximate surface area is 124 Å². The Balaban J connectivity index is 2.30. The van der Waals surface area contributed by atoms with Crippen molar-refractivity contribution in [3.8, 4) is 0 Å². The van der Waals surface area contributed by atoms with Gasteiger partial charge in [-0.15, -0.1) is 0 Å². The molecule has 0 saturated heterocycles. The van der Waals surface area contributed by atoms with Gasteiger partial charge >= 0.3 is 0 Å². The lowest BCUT2D eigenvalue weighted by Gasteiger charge is -2.09. The number of aryl methyl sites for hydroxylation is 2. The number of anilines is 1. The second kappa shape index (κ2) is 5.87. The number of aromatic nitrogens is 2. The van der Waals surface area contributed by atoms with Crippen molar-refractivity contribution in [3.05, 3.63) is 41.9 Å². The van der Waals surface area contributed by atoms with Crippen molar-refractivity contribution in [1.82, 2.24) is 9.55 Å². The predicted octanol–water partition coefficient (Wildman–Crippen LogP) is 2.07. The van der Waals surface area contributed by atoms with Crippen molar-refractivity contribution in [3.63, 3.8) is 0 Å². The molecule has 1 heterocycles. The summed E-state index contributed by atoms with van der Waals surface area (Å²) in [5.41, 5.74) is 1.04. The Morgan fingerprint density at radius 2 is 2.14 bits per heavy atom. The summed E-state index contributed by atoms with van der Waals surface area (Å²) in [5, 5.41) is 9.53. The van der Waals surface area contributed by atoms with E-state index in [4.69, 9.17) is 0 Å². The molecular weight excluding hydrogens is 290 g/mol. The maximum Gasteiger partial charge on any atom is 0.280 e. The summed E-state index contributed by atoms with van der Waals surface area (Å²) < 4.78 is 28.9. The molecule has 1 aromatic carbocycles. The van der Waals surface area contributed by atoms with Gasteiger partial charge in [0.25, 0.3) is 10.0 Å². The van der Waals surface area contributed by atoms with Crippen LogP contribution >= 0.6 is 0 Å². The molecular formula is C14H19N3O3S. The van der Waals surface area contributed by atoms with E-state index < -0.39 is 16.1 Å². The molecule has 6 nitrogen and oxygen atoms in total. The Morgan fingerprint density at radius 1 is 1.43 bits per heavy atom. The van der Waals surface area contributed by atoms with Crippen LogP contribution in [-0.2, 0) is 16.6 Å². The first-order valence-electron chi connectivity index (χ1n) is 6.68. The molecule has 2 N–H and O–H groups in total. The molecule has 0 amide bonds. The summed E-state index contributed by atoms with van der Waals surface area (Å²) in [7, 11) is -3.73. The van der Waals surface area contributed by atoms with Crippen LogP contribution < -0.4 is 4.72 Å². The molecule has 0 aliphatic heterocycles. The number of sulfonamides is 1. The summed E-state index contributed by atoms with van der Waals surface area (Å²) in [6.07, 6.45) is 0.854. The molecule has 0 aliphatic rings. The van der Waals surface area contributed by atoms with Gasteiger partial charge in [0.1, 0.15) is 5.82 Å². The van der Waals surface area contributed by atoms with Crippen LogP contribution in [0.1, 0.15) is 31.3 Å². The number of imidazole rings is 1. The fourth-order valence-electron chi connectivity index (χ4n) is 2.00. The van der Waals surface area contributed by atoms with Gasteiger partial charge in [-0.2, -0.15) is 8.42 Å². The van der Waals surface area contributed by atoms with Gasteiger partial charge in [-0.3, -0.25) is 4.72 Å². The van der Waals surface area contributed by atoms with E-state index >= 15 is 0 Å².